The molecule has 2 atom stereocenters. The minimum absolute atomic E-state index is 0.167. The van der Waals surface area contributed by atoms with E-state index in [1.54, 1.807) is 31.4 Å². The van der Waals surface area contributed by atoms with Crippen molar-refractivity contribution < 1.29 is 27.8 Å². The molecular weight excluding hydrogens is 485 g/mol. The van der Waals surface area contributed by atoms with Crippen LogP contribution in [0.2, 0.25) is 0 Å². The van der Waals surface area contributed by atoms with Gasteiger partial charge in [-0.1, -0.05) is 12.1 Å². The van der Waals surface area contributed by atoms with E-state index in [0.717, 1.165) is 45.7 Å². The third-order valence-electron chi connectivity index (χ3n) is 7.22. The number of benzene rings is 2. The molecule has 7 nitrogen and oxygen atoms in total. The van der Waals surface area contributed by atoms with Crippen molar-refractivity contribution in [3.05, 3.63) is 82.8 Å². The van der Waals surface area contributed by atoms with Gasteiger partial charge in [0, 0.05) is 48.0 Å². The lowest BCUT2D eigenvalue weighted by atomic mass is 9.90. The van der Waals surface area contributed by atoms with E-state index < -0.39 is 17.7 Å². The van der Waals surface area contributed by atoms with Crippen LogP contribution in [0.15, 0.2) is 55.0 Å². The number of hydrogen-bond acceptors (Lipinski definition) is 4. The Balaban J connectivity index is 1.50. The lowest BCUT2D eigenvalue weighted by Gasteiger charge is -2.40. The highest BCUT2D eigenvalue weighted by Crippen LogP contribution is 2.41. The molecule has 194 valence electrons. The van der Waals surface area contributed by atoms with Crippen LogP contribution in [0, 0.1) is 6.92 Å². The molecule has 5 rings (SSSR count). The zero-order valence-electron chi connectivity index (χ0n) is 20.4. The molecule has 2 aromatic carbocycles. The zero-order chi connectivity index (χ0) is 26.3. The highest BCUT2D eigenvalue weighted by Gasteiger charge is 2.35. The van der Waals surface area contributed by atoms with E-state index in [9.17, 15) is 23.1 Å². The molecule has 37 heavy (non-hydrogen) atoms. The van der Waals surface area contributed by atoms with E-state index in [2.05, 4.69) is 15.0 Å². The van der Waals surface area contributed by atoms with Gasteiger partial charge in [-0.05, 0) is 55.2 Å². The number of aromatic nitrogens is 3. The number of piperidine rings is 1. The third kappa shape index (κ3) is 4.81. The zero-order valence-corrected chi connectivity index (χ0v) is 20.4. The number of halogens is 3. The van der Waals surface area contributed by atoms with Gasteiger partial charge in [0.1, 0.15) is 5.75 Å². The van der Waals surface area contributed by atoms with Gasteiger partial charge in [0.25, 0.3) is 0 Å². The van der Waals surface area contributed by atoms with Crippen LogP contribution in [0.1, 0.15) is 57.5 Å². The molecule has 0 aliphatic carbocycles. The Hall–Kier alpha value is -3.79. The number of H-pyrrole nitrogens is 1. The van der Waals surface area contributed by atoms with Crippen LogP contribution in [0.4, 0.5) is 13.2 Å². The van der Waals surface area contributed by atoms with Crippen LogP contribution in [-0.2, 0) is 12.7 Å². The molecule has 10 heteroatoms. The van der Waals surface area contributed by atoms with E-state index in [0.29, 0.717) is 25.9 Å². The van der Waals surface area contributed by atoms with Crippen LogP contribution >= 0.6 is 0 Å². The van der Waals surface area contributed by atoms with Gasteiger partial charge in [0.05, 0.1) is 30.5 Å². The lowest BCUT2D eigenvalue weighted by Crippen LogP contribution is -2.37. The molecule has 1 aliphatic rings. The van der Waals surface area contributed by atoms with Gasteiger partial charge >= 0.3 is 12.1 Å². The van der Waals surface area contributed by atoms with Gasteiger partial charge in [-0.25, -0.2) is 4.79 Å². The van der Waals surface area contributed by atoms with E-state index in [4.69, 9.17) is 4.74 Å². The molecule has 0 amide bonds. The highest BCUT2D eigenvalue weighted by atomic mass is 19.4. The monoisotopic (exact) mass is 512 g/mol. The quantitative estimate of drug-likeness (QED) is 0.332. The van der Waals surface area contributed by atoms with Gasteiger partial charge < -0.3 is 14.8 Å². The predicted octanol–water partition coefficient (Wildman–Crippen LogP) is 5.98. The summed E-state index contributed by atoms with van der Waals surface area (Å²) >= 11 is 0. The number of carboxylic acid groups (broad SMARTS) is 1. The van der Waals surface area contributed by atoms with Gasteiger partial charge in [0.15, 0.2) is 0 Å². The molecule has 3 heterocycles. The number of aromatic carboxylic acids is 1. The fourth-order valence-corrected chi connectivity index (χ4v) is 5.29. The topological polar surface area (TPSA) is 83.4 Å². The number of nitrogens with zero attached hydrogens (tertiary/aromatic N) is 3. The molecule has 1 saturated heterocycles. The molecule has 0 radical (unpaired) electrons. The Kier molecular flexibility index (Phi) is 6.45. The Morgan fingerprint density at radius 3 is 2.65 bits per heavy atom. The average molecular weight is 513 g/mol. The average Bonchev–Trinajstić information content (AvgIpc) is 3.56. The van der Waals surface area contributed by atoms with Crippen LogP contribution in [0.5, 0.6) is 5.75 Å². The summed E-state index contributed by atoms with van der Waals surface area (Å²) in [6, 6.07) is 10.3. The first-order valence-electron chi connectivity index (χ1n) is 12.0. The number of carbonyl (C=O) groups is 1. The molecule has 0 spiro atoms. The molecule has 1 aliphatic heterocycles. The summed E-state index contributed by atoms with van der Waals surface area (Å²) in [5, 5.41) is 14.4. The number of likely N-dealkylation sites (tertiary alicyclic amines) is 1. The maximum absolute atomic E-state index is 13.2. The SMILES string of the molecule is COc1cc(C)c2[nH]ccc2c1CN1CCC(n2cc(C(F)(F)F)cn2)CC1c1ccc(C(=O)O)cc1. The first-order valence-corrected chi connectivity index (χ1v) is 12.0. The molecule has 1 fully saturated rings. The van der Waals surface area contributed by atoms with Crippen molar-refractivity contribution in [2.24, 2.45) is 0 Å². The van der Waals surface area contributed by atoms with Crippen LogP contribution in [-0.4, -0.2) is 44.4 Å². The summed E-state index contributed by atoms with van der Waals surface area (Å²) in [6.07, 6.45) is 0.517. The standard InChI is InChI=1S/C27H27F3N4O3/c1-16-11-24(37-2)22(21-7-9-31-25(16)21)15-33-10-8-20(34-14-19(13-32-34)27(28,29)30)12-23(33)17-3-5-18(6-4-17)26(35)36/h3-7,9,11,13-14,20,23,31H,8,10,12,15H2,1-2H3,(H,35,36). The summed E-state index contributed by atoms with van der Waals surface area (Å²) in [6.45, 7) is 3.19. The minimum atomic E-state index is -4.45. The fraction of sp³-hybridized carbons (Fsp3) is 0.333. The van der Waals surface area contributed by atoms with Crippen LogP contribution < -0.4 is 4.74 Å². The largest absolute Gasteiger partial charge is 0.496 e. The van der Waals surface area contributed by atoms with E-state index in [1.165, 1.54) is 4.68 Å². The molecule has 2 N–H and O–H groups in total. The number of fused-ring (bicyclic) bond motifs is 1. The van der Waals surface area contributed by atoms with Crippen LogP contribution in [0.25, 0.3) is 10.9 Å². The first-order chi connectivity index (χ1) is 17.7. The number of rotatable bonds is 6. The molecule has 0 saturated carbocycles. The number of hydrogen-bond donors (Lipinski definition) is 2. The molecule has 0 bridgehead atoms. The number of carboxylic acids is 1. The van der Waals surface area contributed by atoms with Crippen molar-refractivity contribution in [1.82, 2.24) is 19.7 Å². The Labute approximate surface area is 211 Å². The molecule has 2 aromatic heterocycles. The van der Waals surface area contributed by atoms with Crippen molar-refractivity contribution in [2.75, 3.05) is 13.7 Å². The number of aryl methyl sites for hydroxylation is 1. The van der Waals surface area contributed by atoms with Crippen molar-refractivity contribution in [2.45, 2.75) is 44.6 Å². The van der Waals surface area contributed by atoms with Gasteiger partial charge in [-0.3, -0.25) is 9.58 Å². The van der Waals surface area contributed by atoms with E-state index >= 15 is 0 Å². The maximum Gasteiger partial charge on any atom is 0.419 e. The highest BCUT2D eigenvalue weighted by molar-refractivity contribution is 5.88. The molecule has 4 aromatic rings. The van der Waals surface area contributed by atoms with Gasteiger partial charge in [-0.2, -0.15) is 18.3 Å². The number of ether oxygens (including phenoxy) is 1. The minimum Gasteiger partial charge on any atom is -0.496 e. The normalized spacial score (nSPS) is 18.8. The second-order valence-corrected chi connectivity index (χ2v) is 9.44. The van der Waals surface area contributed by atoms with Gasteiger partial charge in [0.2, 0.25) is 0 Å². The van der Waals surface area contributed by atoms with Crippen LogP contribution in [0.3, 0.4) is 0 Å². The second-order valence-electron chi connectivity index (χ2n) is 9.44. The number of aromatic amines is 1. The smallest absolute Gasteiger partial charge is 0.419 e. The van der Waals surface area contributed by atoms with E-state index in [-0.39, 0.29) is 17.6 Å². The fourth-order valence-electron chi connectivity index (χ4n) is 5.29. The Morgan fingerprint density at radius 2 is 2.00 bits per heavy atom. The van der Waals surface area contributed by atoms with Crippen molar-refractivity contribution >= 4 is 16.9 Å². The predicted molar refractivity (Wildman–Crippen MR) is 132 cm³/mol. The first kappa shape index (κ1) is 24.9. The molecule has 2 unspecified atom stereocenters. The summed E-state index contributed by atoms with van der Waals surface area (Å²) in [5.74, 6) is -0.242. The summed E-state index contributed by atoms with van der Waals surface area (Å²) in [7, 11) is 1.64. The number of alkyl halides is 3. The third-order valence-corrected chi connectivity index (χ3v) is 7.22. The van der Waals surface area contributed by atoms with Crippen molar-refractivity contribution in [3.63, 3.8) is 0 Å². The Morgan fingerprint density at radius 1 is 1.24 bits per heavy atom. The summed E-state index contributed by atoms with van der Waals surface area (Å²) in [4.78, 5) is 16.9. The second kappa shape index (κ2) is 9.59. The number of methoxy groups -OCH3 is 1. The molecular formula is C27H27F3N4O3. The van der Waals surface area contributed by atoms with Crippen molar-refractivity contribution in [1.29, 1.82) is 0 Å². The van der Waals surface area contributed by atoms with E-state index in [1.807, 2.05) is 25.3 Å². The maximum atomic E-state index is 13.2. The van der Waals surface area contributed by atoms with Gasteiger partial charge in [-0.15, -0.1) is 0 Å². The number of nitrogens with one attached hydrogen (secondary N) is 1. The summed E-state index contributed by atoms with van der Waals surface area (Å²) in [5.41, 5.74) is 3.43. The van der Waals surface area contributed by atoms with Crippen molar-refractivity contribution in [3.8, 4) is 5.75 Å². The Bertz CT molecular complexity index is 1430. The lowest BCUT2D eigenvalue weighted by molar-refractivity contribution is -0.137. The summed E-state index contributed by atoms with van der Waals surface area (Å²) < 4.78 is 46.7.